The monoisotopic (exact) mass is 283 g/mol. The molecule has 3 N–H and O–H groups in total. The Labute approximate surface area is 116 Å². The third-order valence-electron chi connectivity index (χ3n) is 2.54. The third kappa shape index (κ3) is 4.03. The van der Waals surface area contributed by atoms with E-state index < -0.39 is 28.9 Å². The van der Waals surface area contributed by atoms with Gasteiger partial charge in [-0.2, -0.15) is 0 Å². The minimum absolute atomic E-state index is 0.280. The van der Waals surface area contributed by atoms with Gasteiger partial charge in [-0.3, -0.25) is 0 Å². The Kier molecular flexibility index (Phi) is 4.50. The van der Waals surface area contributed by atoms with Gasteiger partial charge in [-0.05, 0) is 38.5 Å². The standard InChI is InChI=1S/C14H18FNO4/c1-13(2,3)20-12(19)14(16,11(17)18)8-9-4-6-10(15)7-5-9/h4-7H,8,16H2,1-3H3,(H,17,18)/t14-/m0/s1. The first-order valence-corrected chi connectivity index (χ1v) is 6.05. The number of carboxylic acids is 1. The van der Waals surface area contributed by atoms with E-state index in [9.17, 15) is 19.1 Å². The molecule has 0 spiro atoms. The SMILES string of the molecule is CC(C)(C)OC(=O)[C@](N)(Cc1ccc(F)cc1)C(=O)O. The first kappa shape index (κ1) is 16.1. The van der Waals surface area contributed by atoms with E-state index >= 15 is 0 Å². The van der Waals surface area contributed by atoms with Crippen molar-refractivity contribution < 1.29 is 23.8 Å². The fraction of sp³-hybridized carbons (Fsp3) is 0.429. The van der Waals surface area contributed by atoms with Crippen LogP contribution in [0.25, 0.3) is 0 Å². The lowest BCUT2D eigenvalue weighted by atomic mass is 9.91. The number of rotatable bonds is 4. The number of benzene rings is 1. The molecule has 0 amide bonds. The average molecular weight is 283 g/mol. The summed E-state index contributed by atoms with van der Waals surface area (Å²) >= 11 is 0. The molecule has 0 saturated carbocycles. The highest BCUT2D eigenvalue weighted by molar-refractivity contribution is 6.04. The molecule has 0 aromatic heterocycles. The van der Waals surface area contributed by atoms with E-state index in [2.05, 4.69) is 0 Å². The summed E-state index contributed by atoms with van der Waals surface area (Å²) < 4.78 is 17.9. The van der Waals surface area contributed by atoms with E-state index in [0.29, 0.717) is 5.56 Å². The maximum Gasteiger partial charge on any atom is 0.338 e. The summed E-state index contributed by atoms with van der Waals surface area (Å²) in [6.07, 6.45) is -0.280. The molecule has 6 heteroatoms. The number of nitrogens with two attached hydrogens (primary N) is 1. The van der Waals surface area contributed by atoms with Gasteiger partial charge < -0.3 is 15.6 Å². The Morgan fingerprint density at radius 3 is 2.15 bits per heavy atom. The Bertz CT molecular complexity index is 507. The minimum atomic E-state index is -2.20. The summed E-state index contributed by atoms with van der Waals surface area (Å²) in [4.78, 5) is 23.3. The van der Waals surface area contributed by atoms with Gasteiger partial charge in [-0.1, -0.05) is 12.1 Å². The Hall–Kier alpha value is -1.95. The van der Waals surface area contributed by atoms with E-state index in [4.69, 9.17) is 10.5 Å². The van der Waals surface area contributed by atoms with Crippen LogP contribution in [-0.2, 0) is 20.7 Å². The van der Waals surface area contributed by atoms with Crippen LogP contribution in [0.4, 0.5) is 4.39 Å². The van der Waals surface area contributed by atoms with Crippen LogP contribution in [0, 0.1) is 5.82 Å². The second-order valence-corrected chi connectivity index (χ2v) is 5.58. The molecule has 5 nitrogen and oxygen atoms in total. The van der Waals surface area contributed by atoms with Crippen molar-refractivity contribution in [2.45, 2.75) is 38.3 Å². The molecule has 1 aromatic carbocycles. The van der Waals surface area contributed by atoms with Crippen molar-refractivity contribution in [1.82, 2.24) is 0 Å². The van der Waals surface area contributed by atoms with Crippen LogP contribution in [0.15, 0.2) is 24.3 Å². The maximum absolute atomic E-state index is 12.8. The second-order valence-electron chi connectivity index (χ2n) is 5.58. The van der Waals surface area contributed by atoms with Gasteiger partial charge in [0.05, 0.1) is 0 Å². The van der Waals surface area contributed by atoms with Crippen molar-refractivity contribution in [3.05, 3.63) is 35.6 Å². The summed E-state index contributed by atoms with van der Waals surface area (Å²) in [6.45, 7) is 4.85. The molecular weight excluding hydrogens is 265 g/mol. The summed E-state index contributed by atoms with van der Waals surface area (Å²) in [6, 6.07) is 5.11. The molecule has 0 unspecified atom stereocenters. The van der Waals surface area contributed by atoms with E-state index in [0.717, 1.165) is 0 Å². The van der Waals surface area contributed by atoms with E-state index in [1.165, 1.54) is 24.3 Å². The molecule has 110 valence electrons. The zero-order chi connectivity index (χ0) is 15.6. The number of hydrogen-bond donors (Lipinski definition) is 2. The van der Waals surface area contributed by atoms with Crippen LogP contribution < -0.4 is 5.73 Å². The van der Waals surface area contributed by atoms with Crippen LogP contribution in [0.5, 0.6) is 0 Å². The fourth-order valence-electron chi connectivity index (χ4n) is 1.53. The lowest BCUT2D eigenvalue weighted by Gasteiger charge is -2.28. The predicted octanol–water partition coefficient (Wildman–Crippen LogP) is 1.49. The van der Waals surface area contributed by atoms with Gasteiger partial charge in [0.25, 0.3) is 0 Å². The lowest BCUT2D eigenvalue weighted by molar-refractivity contribution is -0.169. The van der Waals surface area contributed by atoms with Gasteiger partial charge in [-0.15, -0.1) is 0 Å². The molecule has 0 aliphatic rings. The van der Waals surface area contributed by atoms with Gasteiger partial charge >= 0.3 is 11.9 Å². The number of carboxylic acid groups (broad SMARTS) is 1. The molecule has 0 aliphatic carbocycles. The number of ether oxygens (including phenoxy) is 1. The Balaban J connectivity index is 3.00. The van der Waals surface area contributed by atoms with Crippen LogP contribution >= 0.6 is 0 Å². The van der Waals surface area contributed by atoms with Crippen LogP contribution in [0.1, 0.15) is 26.3 Å². The van der Waals surface area contributed by atoms with Crippen LogP contribution in [-0.4, -0.2) is 28.2 Å². The summed E-state index contributed by atoms with van der Waals surface area (Å²) in [7, 11) is 0. The highest BCUT2D eigenvalue weighted by Gasteiger charge is 2.45. The van der Waals surface area contributed by atoms with Crippen molar-refractivity contribution in [3.63, 3.8) is 0 Å². The number of halogens is 1. The summed E-state index contributed by atoms with van der Waals surface area (Å²) in [5.41, 5.74) is 3.08. The molecule has 20 heavy (non-hydrogen) atoms. The van der Waals surface area contributed by atoms with Gasteiger partial charge in [-0.25, -0.2) is 14.0 Å². The van der Waals surface area contributed by atoms with E-state index in [1.807, 2.05) is 0 Å². The molecular formula is C14H18FNO4. The van der Waals surface area contributed by atoms with Gasteiger partial charge in [0, 0.05) is 6.42 Å². The smallest absolute Gasteiger partial charge is 0.338 e. The number of esters is 1. The predicted molar refractivity (Wildman–Crippen MR) is 70.5 cm³/mol. The molecule has 1 rings (SSSR count). The topological polar surface area (TPSA) is 89.6 Å². The molecule has 0 radical (unpaired) electrons. The zero-order valence-corrected chi connectivity index (χ0v) is 11.6. The molecule has 0 aliphatic heterocycles. The van der Waals surface area contributed by atoms with E-state index in [1.54, 1.807) is 20.8 Å². The Morgan fingerprint density at radius 1 is 1.25 bits per heavy atom. The number of carbonyl (C=O) groups excluding carboxylic acids is 1. The molecule has 0 bridgehead atoms. The van der Waals surface area contributed by atoms with Crippen molar-refractivity contribution >= 4 is 11.9 Å². The zero-order valence-electron chi connectivity index (χ0n) is 11.6. The number of aliphatic carboxylic acids is 1. The number of carbonyl (C=O) groups is 2. The second kappa shape index (κ2) is 5.58. The van der Waals surface area contributed by atoms with Gasteiger partial charge in [0.2, 0.25) is 5.54 Å². The van der Waals surface area contributed by atoms with Crippen molar-refractivity contribution in [3.8, 4) is 0 Å². The molecule has 0 saturated heterocycles. The van der Waals surface area contributed by atoms with Gasteiger partial charge in [0.15, 0.2) is 0 Å². The molecule has 0 heterocycles. The van der Waals surface area contributed by atoms with Crippen molar-refractivity contribution in [2.24, 2.45) is 5.73 Å². The number of hydrogen-bond acceptors (Lipinski definition) is 4. The minimum Gasteiger partial charge on any atom is -0.479 e. The molecule has 1 aromatic rings. The van der Waals surface area contributed by atoms with Crippen LogP contribution in [0.3, 0.4) is 0 Å². The highest BCUT2D eigenvalue weighted by Crippen LogP contribution is 2.18. The first-order chi connectivity index (χ1) is 9.04. The highest BCUT2D eigenvalue weighted by atomic mass is 19.1. The van der Waals surface area contributed by atoms with Crippen molar-refractivity contribution in [1.29, 1.82) is 0 Å². The lowest BCUT2D eigenvalue weighted by Crippen LogP contribution is -2.58. The summed E-state index contributed by atoms with van der Waals surface area (Å²) in [5, 5.41) is 9.22. The average Bonchev–Trinajstić information content (AvgIpc) is 2.29. The third-order valence-corrected chi connectivity index (χ3v) is 2.54. The largest absolute Gasteiger partial charge is 0.479 e. The van der Waals surface area contributed by atoms with E-state index in [-0.39, 0.29) is 6.42 Å². The Morgan fingerprint density at radius 2 is 1.75 bits per heavy atom. The fourth-order valence-corrected chi connectivity index (χ4v) is 1.53. The van der Waals surface area contributed by atoms with Crippen LogP contribution in [0.2, 0.25) is 0 Å². The normalized spacial score (nSPS) is 14.4. The van der Waals surface area contributed by atoms with Gasteiger partial charge in [0.1, 0.15) is 11.4 Å². The molecule has 0 fully saturated rings. The quantitative estimate of drug-likeness (QED) is 0.645. The molecule has 1 atom stereocenters. The summed E-state index contributed by atoms with van der Waals surface area (Å²) in [5.74, 6) is -2.97. The van der Waals surface area contributed by atoms with Crippen molar-refractivity contribution in [2.75, 3.05) is 0 Å². The maximum atomic E-state index is 12.8. The first-order valence-electron chi connectivity index (χ1n) is 6.05.